The maximum Gasteiger partial charge on any atom is 0.168 e. The third-order valence-electron chi connectivity index (χ3n) is 4.85. The van der Waals surface area contributed by atoms with Gasteiger partial charge in [-0.2, -0.15) is 9.64 Å². The summed E-state index contributed by atoms with van der Waals surface area (Å²) in [6.45, 7) is 1.11. The standard InChI is InChI=1S/C21H18N6O2S/c1-29-21(8-7-15-3-2-4-16(11-15)12-22)9-10-27(14-21)19-6-5-17(24-25-19)20-23-18(13-28)26-30-20/h2-6,11,28H,9-10,13-14H2,1H3. The third-order valence-corrected chi connectivity index (χ3v) is 5.63. The number of hydrogen-bond acceptors (Lipinski definition) is 9. The smallest absolute Gasteiger partial charge is 0.168 e. The number of hydrogen-bond donors (Lipinski definition) is 1. The van der Waals surface area contributed by atoms with Gasteiger partial charge in [0.05, 0.1) is 18.2 Å². The molecule has 1 aromatic carbocycles. The number of aliphatic hydroxyl groups excluding tert-OH is 1. The number of anilines is 1. The summed E-state index contributed by atoms with van der Waals surface area (Å²) in [5.74, 6) is 7.50. The first-order valence-electron chi connectivity index (χ1n) is 9.26. The van der Waals surface area contributed by atoms with Crippen molar-refractivity contribution in [3.63, 3.8) is 0 Å². The molecule has 0 bridgehead atoms. The zero-order chi connectivity index (χ0) is 21.0. The van der Waals surface area contributed by atoms with E-state index in [9.17, 15) is 0 Å². The first kappa shape index (κ1) is 19.9. The van der Waals surface area contributed by atoms with Crippen LogP contribution < -0.4 is 4.90 Å². The summed E-state index contributed by atoms with van der Waals surface area (Å²) in [5, 5.41) is 27.3. The number of aromatic nitrogens is 4. The zero-order valence-corrected chi connectivity index (χ0v) is 17.1. The van der Waals surface area contributed by atoms with Crippen molar-refractivity contribution in [2.24, 2.45) is 0 Å². The summed E-state index contributed by atoms with van der Waals surface area (Å²) in [7, 11) is 1.66. The molecule has 0 amide bonds. The Morgan fingerprint density at radius 1 is 1.27 bits per heavy atom. The minimum Gasteiger partial charge on any atom is -0.388 e. The van der Waals surface area contributed by atoms with Gasteiger partial charge in [-0.1, -0.05) is 17.9 Å². The van der Waals surface area contributed by atoms with E-state index in [0.29, 0.717) is 28.6 Å². The highest BCUT2D eigenvalue weighted by Gasteiger charge is 2.37. The van der Waals surface area contributed by atoms with Gasteiger partial charge in [0.1, 0.15) is 17.9 Å². The fraction of sp³-hybridized carbons (Fsp3) is 0.286. The van der Waals surface area contributed by atoms with Crippen LogP contribution in [0.25, 0.3) is 10.7 Å². The molecule has 150 valence electrons. The molecule has 3 aromatic rings. The van der Waals surface area contributed by atoms with Crippen LogP contribution >= 0.6 is 11.5 Å². The molecule has 30 heavy (non-hydrogen) atoms. The lowest BCUT2D eigenvalue weighted by Crippen LogP contribution is -2.34. The molecule has 0 saturated carbocycles. The van der Waals surface area contributed by atoms with E-state index in [1.165, 1.54) is 11.5 Å². The van der Waals surface area contributed by atoms with Crippen molar-refractivity contribution in [1.29, 1.82) is 5.26 Å². The van der Waals surface area contributed by atoms with E-state index in [1.807, 2.05) is 24.3 Å². The highest BCUT2D eigenvalue weighted by Crippen LogP contribution is 2.28. The number of benzene rings is 1. The predicted molar refractivity (Wildman–Crippen MR) is 111 cm³/mol. The van der Waals surface area contributed by atoms with Crippen molar-refractivity contribution < 1.29 is 9.84 Å². The van der Waals surface area contributed by atoms with Crippen LogP contribution in [0.15, 0.2) is 36.4 Å². The van der Waals surface area contributed by atoms with Crippen molar-refractivity contribution in [2.45, 2.75) is 18.6 Å². The van der Waals surface area contributed by atoms with Crippen LogP contribution in [-0.2, 0) is 11.3 Å². The maximum atomic E-state index is 9.10. The Labute approximate surface area is 178 Å². The average molecular weight is 418 g/mol. The average Bonchev–Trinajstić information content (AvgIpc) is 3.46. The van der Waals surface area contributed by atoms with Gasteiger partial charge >= 0.3 is 0 Å². The van der Waals surface area contributed by atoms with Gasteiger partial charge in [0.2, 0.25) is 0 Å². The SMILES string of the molecule is COC1(C#Cc2cccc(C#N)c2)CCN(c2ccc(-c3nc(CO)ns3)nn2)C1. The Balaban J connectivity index is 1.50. The van der Waals surface area contributed by atoms with Gasteiger partial charge in [0.25, 0.3) is 0 Å². The molecule has 1 fully saturated rings. The Kier molecular flexibility index (Phi) is 5.68. The van der Waals surface area contributed by atoms with E-state index < -0.39 is 5.60 Å². The lowest BCUT2D eigenvalue weighted by atomic mass is 10.0. The summed E-state index contributed by atoms with van der Waals surface area (Å²) in [6, 6.07) is 13.1. The lowest BCUT2D eigenvalue weighted by Gasteiger charge is -2.22. The molecular weight excluding hydrogens is 400 g/mol. The largest absolute Gasteiger partial charge is 0.388 e. The second kappa shape index (κ2) is 8.56. The van der Waals surface area contributed by atoms with E-state index in [1.54, 1.807) is 19.2 Å². The molecule has 1 N–H and O–H groups in total. The maximum absolute atomic E-state index is 9.10. The number of ether oxygens (including phenoxy) is 1. The van der Waals surface area contributed by atoms with Crippen LogP contribution in [0, 0.1) is 23.2 Å². The Hall–Kier alpha value is -3.37. The Bertz CT molecular complexity index is 1140. The van der Waals surface area contributed by atoms with Gasteiger partial charge in [-0.15, -0.1) is 10.2 Å². The molecular formula is C21H18N6O2S. The van der Waals surface area contributed by atoms with Crippen LogP contribution in [0.5, 0.6) is 0 Å². The molecule has 3 heterocycles. The van der Waals surface area contributed by atoms with E-state index >= 15 is 0 Å². The number of nitriles is 1. The van der Waals surface area contributed by atoms with Crippen molar-refractivity contribution in [2.75, 3.05) is 25.1 Å². The molecule has 4 rings (SSSR count). The minimum atomic E-state index is -0.613. The summed E-state index contributed by atoms with van der Waals surface area (Å²) in [4.78, 5) is 6.29. The number of methoxy groups -OCH3 is 1. The molecule has 8 nitrogen and oxygen atoms in total. The second-order valence-electron chi connectivity index (χ2n) is 6.76. The molecule has 2 aromatic heterocycles. The quantitative estimate of drug-likeness (QED) is 0.641. The zero-order valence-electron chi connectivity index (χ0n) is 16.2. The van der Waals surface area contributed by atoms with Gasteiger partial charge in [0.15, 0.2) is 16.6 Å². The predicted octanol–water partition coefficient (Wildman–Crippen LogP) is 2.01. The van der Waals surface area contributed by atoms with Gasteiger partial charge in [0, 0.05) is 25.6 Å². The third kappa shape index (κ3) is 4.14. The molecule has 0 radical (unpaired) electrons. The van der Waals surface area contributed by atoms with Crippen LogP contribution in [0.1, 0.15) is 23.4 Å². The van der Waals surface area contributed by atoms with Crippen LogP contribution in [-0.4, -0.2) is 50.5 Å². The van der Waals surface area contributed by atoms with Crippen molar-refractivity contribution in [3.05, 3.63) is 53.3 Å². The van der Waals surface area contributed by atoms with Crippen molar-refractivity contribution >= 4 is 17.4 Å². The van der Waals surface area contributed by atoms with E-state index in [2.05, 4.69) is 42.4 Å². The van der Waals surface area contributed by atoms with Crippen LogP contribution in [0.2, 0.25) is 0 Å². The highest BCUT2D eigenvalue weighted by molar-refractivity contribution is 7.09. The molecule has 0 aliphatic carbocycles. The number of aliphatic hydroxyl groups is 1. The van der Waals surface area contributed by atoms with E-state index in [0.717, 1.165) is 24.3 Å². The van der Waals surface area contributed by atoms with E-state index in [4.69, 9.17) is 15.1 Å². The van der Waals surface area contributed by atoms with Gasteiger partial charge < -0.3 is 14.7 Å². The summed E-state index contributed by atoms with van der Waals surface area (Å²) >= 11 is 1.18. The summed E-state index contributed by atoms with van der Waals surface area (Å²) < 4.78 is 9.82. The molecule has 0 spiro atoms. The summed E-state index contributed by atoms with van der Waals surface area (Å²) in [6.07, 6.45) is 0.730. The van der Waals surface area contributed by atoms with Gasteiger partial charge in [-0.05, 0) is 41.9 Å². The van der Waals surface area contributed by atoms with Crippen molar-refractivity contribution in [3.8, 4) is 28.6 Å². The molecule has 1 unspecified atom stereocenters. The first-order chi connectivity index (χ1) is 14.6. The molecule has 1 atom stereocenters. The molecule has 1 aliphatic rings. The summed E-state index contributed by atoms with van der Waals surface area (Å²) in [5.41, 5.74) is 1.37. The number of nitrogens with zero attached hydrogens (tertiary/aromatic N) is 6. The number of rotatable bonds is 4. The second-order valence-corrected chi connectivity index (χ2v) is 7.52. The molecule has 9 heteroatoms. The Morgan fingerprint density at radius 2 is 2.13 bits per heavy atom. The lowest BCUT2D eigenvalue weighted by molar-refractivity contribution is 0.0602. The van der Waals surface area contributed by atoms with Crippen LogP contribution in [0.3, 0.4) is 0 Å². The van der Waals surface area contributed by atoms with Crippen molar-refractivity contribution in [1.82, 2.24) is 19.6 Å². The first-order valence-corrected chi connectivity index (χ1v) is 10.0. The minimum absolute atomic E-state index is 0.198. The molecule has 1 saturated heterocycles. The molecule has 1 aliphatic heterocycles. The fourth-order valence-electron chi connectivity index (χ4n) is 3.18. The van der Waals surface area contributed by atoms with Crippen LogP contribution in [0.4, 0.5) is 5.82 Å². The normalized spacial score (nSPS) is 18.0. The topological polar surface area (TPSA) is 108 Å². The van der Waals surface area contributed by atoms with Gasteiger partial charge in [-0.3, -0.25) is 0 Å². The highest BCUT2D eigenvalue weighted by atomic mass is 32.1. The fourth-order valence-corrected chi connectivity index (χ4v) is 3.82. The van der Waals surface area contributed by atoms with E-state index in [-0.39, 0.29) is 6.61 Å². The Morgan fingerprint density at radius 3 is 2.83 bits per heavy atom. The monoisotopic (exact) mass is 418 g/mol. The van der Waals surface area contributed by atoms with Gasteiger partial charge in [-0.25, -0.2) is 4.98 Å².